The van der Waals surface area contributed by atoms with Gasteiger partial charge in [-0.3, -0.25) is 14.6 Å². The highest BCUT2D eigenvalue weighted by Crippen LogP contribution is 2.40. The third kappa shape index (κ3) is 5.92. The zero-order valence-electron chi connectivity index (χ0n) is 18.6. The summed E-state index contributed by atoms with van der Waals surface area (Å²) < 4.78 is 30.5. The zero-order chi connectivity index (χ0) is 22.5. The lowest BCUT2D eigenvalue weighted by Crippen LogP contribution is -2.43. The van der Waals surface area contributed by atoms with E-state index in [4.69, 9.17) is 19.2 Å². The zero-order valence-corrected chi connectivity index (χ0v) is 20.2. The molecule has 33 heavy (non-hydrogen) atoms. The van der Waals surface area contributed by atoms with Crippen molar-refractivity contribution in [1.82, 2.24) is 9.88 Å². The minimum absolute atomic E-state index is 0. The fourth-order valence-electron chi connectivity index (χ4n) is 3.66. The van der Waals surface area contributed by atoms with Crippen molar-refractivity contribution in [3.63, 3.8) is 0 Å². The van der Waals surface area contributed by atoms with Crippen LogP contribution in [0.1, 0.15) is 5.56 Å². The molecule has 2 heterocycles. The van der Waals surface area contributed by atoms with E-state index in [0.29, 0.717) is 48.5 Å². The van der Waals surface area contributed by atoms with Crippen LogP contribution < -0.4 is 14.4 Å². The maximum atomic E-state index is 13.3. The van der Waals surface area contributed by atoms with E-state index in [1.807, 2.05) is 12.1 Å². The number of methoxy groups -OCH3 is 2. The second-order valence-electron chi connectivity index (χ2n) is 7.45. The molecule has 0 spiro atoms. The molecule has 10 heteroatoms. The van der Waals surface area contributed by atoms with Gasteiger partial charge < -0.3 is 14.2 Å². The Bertz CT molecular complexity index is 1030. The second-order valence-corrected chi connectivity index (χ2v) is 8.42. The molecule has 1 amide bonds. The molecular weight excluding hydrogens is 469 g/mol. The third-order valence-corrected chi connectivity index (χ3v) is 6.54. The average molecular weight is 496 g/mol. The quantitative estimate of drug-likeness (QED) is 0.474. The Morgan fingerprint density at radius 3 is 2.45 bits per heavy atom. The van der Waals surface area contributed by atoms with Crippen molar-refractivity contribution in [1.29, 1.82) is 0 Å². The van der Waals surface area contributed by atoms with Gasteiger partial charge in [0.25, 0.3) is 0 Å². The van der Waals surface area contributed by atoms with Crippen LogP contribution in [-0.4, -0.2) is 69.4 Å². The number of thiazole rings is 1. The van der Waals surface area contributed by atoms with Crippen LogP contribution in [0, 0.1) is 5.82 Å². The van der Waals surface area contributed by atoms with Crippen LogP contribution in [-0.2, 0) is 16.0 Å². The van der Waals surface area contributed by atoms with Crippen molar-refractivity contribution in [3.05, 3.63) is 47.8 Å². The summed E-state index contributed by atoms with van der Waals surface area (Å²) in [7, 11) is 3.20. The smallest absolute Gasteiger partial charge is 0.233 e. The number of fused-ring (bicyclic) bond motifs is 1. The van der Waals surface area contributed by atoms with Gasteiger partial charge in [0.1, 0.15) is 27.5 Å². The van der Waals surface area contributed by atoms with E-state index in [1.165, 1.54) is 23.5 Å². The molecular formula is C23H27ClFN3O4S. The van der Waals surface area contributed by atoms with Crippen LogP contribution in [0.4, 0.5) is 9.52 Å². The first-order valence-corrected chi connectivity index (χ1v) is 11.3. The van der Waals surface area contributed by atoms with Crippen LogP contribution in [0.15, 0.2) is 36.4 Å². The van der Waals surface area contributed by atoms with E-state index < -0.39 is 0 Å². The lowest BCUT2D eigenvalue weighted by molar-refractivity contribution is -0.118. The van der Waals surface area contributed by atoms with Gasteiger partial charge in [0, 0.05) is 26.2 Å². The molecule has 1 saturated heterocycles. The molecule has 0 bridgehead atoms. The van der Waals surface area contributed by atoms with E-state index in [-0.39, 0.29) is 30.6 Å². The highest BCUT2D eigenvalue weighted by molar-refractivity contribution is 7.22. The molecule has 0 radical (unpaired) electrons. The number of carbonyl (C=O) groups is 1. The van der Waals surface area contributed by atoms with Crippen molar-refractivity contribution in [3.8, 4) is 11.5 Å². The number of hydrogen-bond donors (Lipinski definition) is 0. The molecule has 0 unspecified atom stereocenters. The summed E-state index contributed by atoms with van der Waals surface area (Å²) in [5, 5.41) is 0.586. The third-order valence-electron chi connectivity index (χ3n) is 5.44. The number of amides is 1. The maximum absolute atomic E-state index is 13.3. The van der Waals surface area contributed by atoms with Gasteiger partial charge in [0.05, 0.1) is 33.9 Å². The minimum atomic E-state index is -0.323. The first-order chi connectivity index (χ1) is 15.6. The summed E-state index contributed by atoms with van der Waals surface area (Å²) in [5.74, 6) is 0.892. The molecule has 1 aliphatic rings. The number of rotatable bonds is 8. The fraction of sp³-hybridized carbons (Fsp3) is 0.391. The molecule has 0 atom stereocenters. The summed E-state index contributed by atoms with van der Waals surface area (Å²) >= 11 is 1.40. The Labute approximate surface area is 202 Å². The van der Waals surface area contributed by atoms with Crippen molar-refractivity contribution in [2.45, 2.75) is 6.42 Å². The van der Waals surface area contributed by atoms with E-state index in [9.17, 15) is 9.18 Å². The molecule has 0 N–H and O–H groups in total. The summed E-state index contributed by atoms with van der Waals surface area (Å²) in [5.41, 5.74) is 1.42. The fourth-order valence-corrected chi connectivity index (χ4v) is 4.77. The first-order valence-electron chi connectivity index (χ1n) is 10.5. The van der Waals surface area contributed by atoms with Gasteiger partial charge in [-0.05, 0) is 29.8 Å². The number of morpholine rings is 1. The number of ether oxygens (including phenoxy) is 3. The van der Waals surface area contributed by atoms with Gasteiger partial charge in [-0.2, -0.15) is 0 Å². The Morgan fingerprint density at radius 2 is 1.79 bits per heavy atom. The molecule has 178 valence electrons. The number of benzene rings is 2. The van der Waals surface area contributed by atoms with Crippen molar-refractivity contribution >= 4 is 45.0 Å². The SMILES string of the molecule is COc1ccc(OC)c2sc(N(CCN3CCOCC3)C(=O)Cc3ccc(F)cc3)nc12.Cl. The van der Waals surface area contributed by atoms with Crippen molar-refractivity contribution < 1.29 is 23.4 Å². The highest BCUT2D eigenvalue weighted by atomic mass is 35.5. The normalized spacial score (nSPS) is 14.0. The monoisotopic (exact) mass is 495 g/mol. The van der Waals surface area contributed by atoms with Gasteiger partial charge in [0.15, 0.2) is 5.13 Å². The summed E-state index contributed by atoms with van der Waals surface area (Å²) in [6.45, 7) is 4.26. The van der Waals surface area contributed by atoms with Gasteiger partial charge in [-0.15, -0.1) is 12.4 Å². The number of carbonyl (C=O) groups excluding carboxylic acids is 1. The summed E-state index contributed by atoms with van der Waals surface area (Å²) in [6.07, 6.45) is 0.160. The molecule has 1 aromatic heterocycles. The van der Waals surface area contributed by atoms with Crippen LogP contribution in [0.2, 0.25) is 0 Å². The average Bonchev–Trinajstić information content (AvgIpc) is 3.26. The highest BCUT2D eigenvalue weighted by Gasteiger charge is 2.24. The molecule has 7 nitrogen and oxygen atoms in total. The van der Waals surface area contributed by atoms with Crippen LogP contribution in [0.3, 0.4) is 0 Å². The topological polar surface area (TPSA) is 64.1 Å². The number of nitrogens with zero attached hydrogens (tertiary/aromatic N) is 3. The molecule has 4 rings (SSSR count). The van der Waals surface area contributed by atoms with E-state index in [0.717, 1.165) is 23.4 Å². The minimum Gasteiger partial charge on any atom is -0.495 e. The molecule has 3 aromatic rings. The van der Waals surface area contributed by atoms with Gasteiger partial charge in [0.2, 0.25) is 5.91 Å². The lowest BCUT2D eigenvalue weighted by Gasteiger charge is -2.29. The van der Waals surface area contributed by atoms with Gasteiger partial charge >= 0.3 is 0 Å². The Hall–Kier alpha value is -2.46. The Morgan fingerprint density at radius 1 is 1.12 bits per heavy atom. The van der Waals surface area contributed by atoms with E-state index in [2.05, 4.69) is 4.90 Å². The maximum Gasteiger partial charge on any atom is 0.233 e. The van der Waals surface area contributed by atoms with Crippen molar-refractivity contribution in [2.24, 2.45) is 0 Å². The lowest BCUT2D eigenvalue weighted by atomic mass is 10.1. The molecule has 1 aliphatic heterocycles. The number of hydrogen-bond acceptors (Lipinski definition) is 7. The molecule has 0 aliphatic carbocycles. The van der Waals surface area contributed by atoms with Gasteiger partial charge in [-0.25, -0.2) is 9.37 Å². The number of halogens is 2. The first kappa shape index (κ1) is 25.2. The largest absolute Gasteiger partial charge is 0.495 e. The Kier molecular flexibility index (Phi) is 8.85. The number of aromatic nitrogens is 1. The standard InChI is InChI=1S/C23H26FN3O4S.ClH/c1-29-18-7-8-19(30-2)22-21(18)25-23(32-22)27(10-9-26-11-13-31-14-12-26)20(28)15-16-3-5-17(24)6-4-16;/h3-8H,9-15H2,1-2H3;1H. The number of anilines is 1. The van der Waals surface area contributed by atoms with E-state index >= 15 is 0 Å². The predicted molar refractivity (Wildman–Crippen MR) is 130 cm³/mol. The van der Waals surface area contributed by atoms with Crippen LogP contribution >= 0.6 is 23.7 Å². The van der Waals surface area contributed by atoms with Gasteiger partial charge in [-0.1, -0.05) is 23.5 Å². The molecule has 1 fully saturated rings. The predicted octanol–water partition coefficient (Wildman–Crippen LogP) is 3.78. The Balaban J connectivity index is 0.00000306. The van der Waals surface area contributed by atoms with Crippen LogP contribution in [0.25, 0.3) is 10.2 Å². The summed E-state index contributed by atoms with van der Waals surface area (Å²) in [6, 6.07) is 9.66. The van der Waals surface area contributed by atoms with Crippen LogP contribution in [0.5, 0.6) is 11.5 Å². The summed E-state index contributed by atoms with van der Waals surface area (Å²) in [4.78, 5) is 22.1. The molecule has 2 aromatic carbocycles. The van der Waals surface area contributed by atoms with E-state index in [1.54, 1.807) is 31.3 Å². The van der Waals surface area contributed by atoms with Crippen molar-refractivity contribution in [2.75, 3.05) is 58.5 Å². The molecule has 0 saturated carbocycles. The second kappa shape index (κ2) is 11.6.